The second kappa shape index (κ2) is 5.49. The Morgan fingerprint density at radius 3 is 2.45 bits per heavy atom. The van der Waals surface area contributed by atoms with E-state index in [-0.39, 0.29) is 30.2 Å². The summed E-state index contributed by atoms with van der Waals surface area (Å²) in [7, 11) is 0. The van der Waals surface area contributed by atoms with Crippen LogP contribution < -0.4 is 5.73 Å². The predicted octanol–water partition coefficient (Wildman–Crippen LogP) is 1.83. The lowest BCUT2D eigenvalue weighted by atomic mass is 10.0. The van der Waals surface area contributed by atoms with Crippen LogP contribution >= 0.6 is 12.4 Å². The van der Waals surface area contributed by atoms with Crippen LogP contribution in [0.1, 0.15) is 16.8 Å². The van der Waals surface area contributed by atoms with Gasteiger partial charge in [-0.2, -0.15) is 13.2 Å². The molecule has 112 valence electrons. The molecule has 20 heavy (non-hydrogen) atoms. The Kier molecular flexibility index (Phi) is 4.55. The topological polar surface area (TPSA) is 66.6 Å². The Bertz CT molecular complexity index is 510. The smallest absolute Gasteiger partial charge is 0.398 e. The van der Waals surface area contributed by atoms with E-state index in [0.29, 0.717) is 0 Å². The van der Waals surface area contributed by atoms with Crippen LogP contribution in [0, 0.1) is 0 Å². The van der Waals surface area contributed by atoms with Crippen molar-refractivity contribution in [1.29, 1.82) is 0 Å². The summed E-state index contributed by atoms with van der Waals surface area (Å²) in [6.07, 6.45) is -5.26. The van der Waals surface area contributed by atoms with Gasteiger partial charge in [0.2, 0.25) is 0 Å². The molecule has 0 radical (unpaired) electrons. The molecule has 2 rings (SSSR count). The molecule has 0 saturated carbocycles. The van der Waals surface area contributed by atoms with E-state index in [1.165, 1.54) is 12.1 Å². The minimum atomic E-state index is -4.75. The molecule has 1 heterocycles. The van der Waals surface area contributed by atoms with Crippen LogP contribution in [-0.4, -0.2) is 40.8 Å². The van der Waals surface area contributed by atoms with Gasteiger partial charge in [-0.1, -0.05) is 12.1 Å². The van der Waals surface area contributed by atoms with E-state index < -0.39 is 30.7 Å². The Balaban J connectivity index is 0.00000200. The van der Waals surface area contributed by atoms with Crippen molar-refractivity contribution in [2.24, 2.45) is 0 Å². The molecule has 1 saturated heterocycles. The van der Waals surface area contributed by atoms with E-state index in [1.807, 2.05) is 0 Å². The SMILES string of the molecule is Cl.Nc1ccccc1C(=O)N1CCC(O)(C(F)(F)F)C1. The molecule has 0 aromatic heterocycles. The molecule has 1 aromatic rings. The zero-order valence-corrected chi connectivity index (χ0v) is 11.2. The Labute approximate surface area is 119 Å². The molecule has 1 amide bonds. The number of hydrogen-bond acceptors (Lipinski definition) is 3. The number of benzene rings is 1. The number of hydrogen-bond donors (Lipinski definition) is 2. The van der Waals surface area contributed by atoms with Gasteiger partial charge in [-0.15, -0.1) is 12.4 Å². The molecular formula is C12H14ClF3N2O2. The number of nitrogens with two attached hydrogens (primary N) is 1. The van der Waals surface area contributed by atoms with Crippen molar-refractivity contribution in [1.82, 2.24) is 4.90 Å². The third-order valence-electron chi connectivity index (χ3n) is 3.25. The maximum atomic E-state index is 12.7. The predicted molar refractivity (Wildman–Crippen MR) is 69.6 cm³/mol. The standard InChI is InChI=1S/C12H13F3N2O2.ClH/c13-12(14,15)11(19)5-6-17(7-11)10(18)8-3-1-2-4-9(8)16;/h1-4,19H,5-7,16H2;1H. The van der Waals surface area contributed by atoms with Crippen LogP contribution in [-0.2, 0) is 0 Å². The highest BCUT2D eigenvalue weighted by molar-refractivity contribution is 5.99. The van der Waals surface area contributed by atoms with Crippen molar-refractivity contribution in [3.8, 4) is 0 Å². The Morgan fingerprint density at radius 1 is 1.35 bits per heavy atom. The normalized spacial score (nSPS) is 22.5. The van der Waals surface area contributed by atoms with Crippen LogP contribution in [0.5, 0.6) is 0 Å². The first-order chi connectivity index (χ1) is 8.74. The van der Waals surface area contributed by atoms with Gasteiger partial charge in [-0.05, 0) is 12.1 Å². The van der Waals surface area contributed by atoms with Crippen LogP contribution in [0.25, 0.3) is 0 Å². The molecule has 1 unspecified atom stereocenters. The van der Waals surface area contributed by atoms with E-state index in [0.717, 1.165) is 4.90 Å². The summed E-state index contributed by atoms with van der Waals surface area (Å²) in [6.45, 7) is -0.910. The maximum absolute atomic E-state index is 12.7. The number of alkyl halides is 3. The monoisotopic (exact) mass is 310 g/mol. The van der Waals surface area contributed by atoms with Crippen molar-refractivity contribution in [2.75, 3.05) is 18.8 Å². The number of amides is 1. The summed E-state index contributed by atoms with van der Waals surface area (Å²) in [6, 6.07) is 6.15. The van der Waals surface area contributed by atoms with Gasteiger partial charge in [0.25, 0.3) is 5.91 Å². The number of halogens is 4. The summed E-state index contributed by atoms with van der Waals surface area (Å²) < 4.78 is 38.0. The maximum Gasteiger partial charge on any atom is 0.419 e. The number of carbonyl (C=O) groups is 1. The zero-order chi connectivity index (χ0) is 14.3. The minimum Gasteiger partial charge on any atom is -0.398 e. The number of para-hydroxylation sites is 1. The molecule has 1 aromatic carbocycles. The lowest BCUT2D eigenvalue weighted by Crippen LogP contribution is -2.48. The van der Waals surface area contributed by atoms with Gasteiger partial charge in [-0.3, -0.25) is 4.79 Å². The number of nitrogens with zero attached hydrogens (tertiary/aromatic N) is 1. The number of β-amino-alcohol motifs (C(OH)–C–C–N with tert-alkyl or cyclic N) is 1. The number of aliphatic hydroxyl groups is 1. The summed E-state index contributed by atoms with van der Waals surface area (Å²) in [5.74, 6) is -0.599. The second-order valence-electron chi connectivity index (χ2n) is 4.59. The molecular weight excluding hydrogens is 297 g/mol. The quantitative estimate of drug-likeness (QED) is 0.778. The largest absolute Gasteiger partial charge is 0.419 e. The van der Waals surface area contributed by atoms with Gasteiger partial charge >= 0.3 is 6.18 Å². The molecule has 0 bridgehead atoms. The van der Waals surface area contributed by atoms with Crippen molar-refractivity contribution in [2.45, 2.75) is 18.2 Å². The number of likely N-dealkylation sites (tertiary alicyclic amines) is 1. The minimum absolute atomic E-state index is 0. The van der Waals surface area contributed by atoms with E-state index in [9.17, 15) is 23.1 Å². The van der Waals surface area contributed by atoms with Gasteiger partial charge in [0.1, 0.15) is 0 Å². The third-order valence-corrected chi connectivity index (χ3v) is 3.25. The van der Waals surface area contributed by atoms with E-state index in [1.54, 1.807) is 12.1 Å². The highest BCUT2D eigenvalue weighted by Crippen LogP contribution is 2.38. The first-order valence-corrected chi connectivity index (χ1v) is 5.67. The molecule has 8 heteroatoms. The van der Waals surface area contributed by atoms with Gasteiger partial charge in [0, 0.05) is 18.7 Å². The lowest BCUT2D eigenvalue weighted by molar-refractivity contribution is -0.253. The Hall–Kier alpha value is -1.47. The van der Waals surface area contributed by atoms with Gasteiger partial charge in [0.15, 0.2) is 5.60 Å². The molecule has 3 N–H and O–H groups in total. The number of rotatable bonds is 1. The Morgan fingerprint density at radius 2 is 1.95 bits per heavy atom. The molecule has 1 atom stereocenters. The van der Waals surface area contributed by atoms with Crippen LogP contribution in [0.3, 0.4) is 0 Å². The highest BCUT2D eigenvalue weighted by Gasteiger charge is 2.57. The van der Waals surface area contributed by atoms with Crippen molar-refractivity contribution < 1.29 is 23.1 Å². The average molecular weight is 311 g/mol. The second-order valence-corrected chi connectivity index (χ2v) is 4.59. The van der Waals surface area contributed by atoms with E-state index in [2.05, 4.69) is 0 Å². The van der Waals surface area contributed by atoms with Gasteiger partial charge < -0.3 is 15.7 Å². The molecule has 4 nitrogen and oxygen atoms in total. The fraction of sp³-hybridized carbons (Fsp3) is 0.417. The van der Waals surface area contributed by atoms with Crippen LogP contribution in [0.4, 0.5) is 18.9 Å². The summed E-state index contributed by atoms with van der Waals surface area (Å²) in [5, 5.41) is 9.51. The number of anilines is 1. The fourth-order valence-corrected chi connectivity index (χ4v) is 2.06. The lowest BCUT2D eigenvalue weighted by Gasteiger charge is -2.26. The first-order valence-electron chi connectivity index (χ1n) is 5.67. The number of nitrogen functional groups attached to an aromatic ring is 1. The molecule has 0 spiro atoms. The average Bonchev–Trinajstić information content (AvgIpc) is 2.72. The fourth-order valence-electron chi connectivity index (χ4n) is 2.06. The van der Waals surface area contributed by atoms with Crippen LogP contribution in [0.2, 0.25) is 0 Å². The summed E-state index contributed by atoms with van der Waals surface area (Å²) in [4.78, 5) is 13.0. The highest BCUT2D eigenvalue weighted by atomic mass is 35.5. The third kappa shape index (κ3) is 2.83. The van der Waals surface area contributed by atoms with Crippen molar-refractivity contribution >= 4 is 24.0 Å². The van der Waals surface area contributed by atoms with Gasteiger partial charge in [-0.25, -0.2) is 0 Å². The zero-order valence-electron chi connectivity index (χ0n) is 10.4. The summed E-state index contributed by atoms with van der Waals surface area (Å²) >= 11 is 0. The van der Waals surface area contributed by atoms with Crippen molar-refractivity contribution in [3.63, 3.8) is 0 Å². The van der Waals surface area contributed by atoms with E-state index in [4.69, 9.17) is 5.73 Å². The molecule has 1 aliphatic heterocycles. The van der Waals surface area contributed by atoms with E-state index >= 15 is 0 Å². The summed E-state index contributed by atoms with van der Waals surface area (Å²) in [5.41, 5.74) is 3.13. The molecule has 0 aliphatic carbocycles. The first kappa shape index (κ1) is 16.6. The van der Waals surface area contributed by atoms with Crippen LogP contribution in [0.15, 0.2) is 24.3 Å². The molecule has 1 aliphatic rings. The van der Waals surface area contributed by atoms with Gasteiger partial charge in [0.05, 0.1) is 12.1 Å². The van der Waals surface area contributed by atoms with Crippen molar-refractivity contribution in [3.05, 3.63) is 29.8 Å². The number of carbonyl (C=O) groups excluding carboxylic acids is 1. The molecule has 1 fully saturated rings.